The average molecular weight is 365 g/mol. The second kappa shape index (κ2) is 8.68. The summed E-state index contributed by atoms with van der Waals surface area (Å²) in [5.74, 6) is 0.869. The van der Waals surface area contributed by atoms with Crippen molar-refractivity contribution in [1.82, 2.24) is 5.32 Å². The fraction of sp³-hybridized carbons (Fsp3) is 0.227. The van der Waals surface area contributed by atoms with Crippen molar-refractivity contribution in [3.05, 3.63) is 87.1 Å². The van der Waals surface area contributed by atoms with Crippen molar-refractivity contribution in [2.45, 2.75) is 26.9 Å². The van der Waals surface area contributed by atoms with Crippen molar-refractivity contribution in [1.29, 1.82) is 0 Å². The molecule has 0 aliphatic heterocycles. The fourth-order valence-corrected chi connectivity index (χ4v) is 3.46. The number of aryl methyl sites for hydroxylation is 2. The van der Waals surface area contributed by atoms with E-state index in [4.69, 9.17) is 4.74 Å². The Labute approximate surface area is 158 Å². The number of benzene rings is 2. The molecule has 1 N–H and O–H groups in total. The molecule has 3 rings (SSSR count). The van der Waals surface area contributed by atoms with Gasteiger partial charge in [-0.2, -0.15) is 0 Å². The summed E-state index contributed by atoms with van der Waals surface area (Å²) in [6.07, 6.45) is 0.834. The van der Waals surface area contributed by atoms with Gasteiger partial charge >= 0.3 is 0 Å². The molecule has 0 spiro atoms. The monoisotopic (exact) mass is 365 g/mol. The normalized spacial score (nSPS) is 10.5. The molecule has 0 atom stereocenters. The molecule has 0 saturated heterocycles. The number of ether oxygens (including phenoxy) is 1. The summed E-state index contributed by atoms with van der Waals surface area (Å²) in [5.41, 5.74) is 4.53. The van der Waals surface area contributed by atoms with E-state index in [1.54, 1.807) is 0 Å². The third-order valence-electron chi connectivity index (χ3n) is 4.16. The third kappa shape index (κ3) is 4.96. The fourth-order valence-electron chi connectivity index (χ4n) is 2.65. The van der Waals surface area contributed by atoms with Gasteiger partial charge in [0, 0.05) is 12.1 Å². The lowest BCUT2D eigenvalue weighted by Crippen LogP contribution is -2.24. The quantitative estimate of drug-likeness (QED) is 0.646. The number of carbonyl (C=O) groups excluding carboxylic acids is 1. The highest BCUT2D eigenvalue weighted by Crippen LogP contribution is 2.22. The third-order valence-corrected chi connectivity index (χ3v) is 5.14. The summed E-state index contributed by atoms with van der Waals surface area (Å²) in [6, 6.07) is 18.2. The van der Waals surface area contributed by atoms with E-state index >= 15 is 0 Å². The minimum Gasteiger partial charge on any atom is -0.489 e. The van der Waals surface area contributed by atoms with E-state index in [0.717, 1.165) is 28.2 Å². The van der Waals surface area contributed by atoms with E-state index in [2.05, 4.69) is 36.5 Å². The highest BCUT2D eigenvalue weighted by Gasteiger charge is 2.09. The summed E-state index contributed by atoms with van der Waals surface area (Å²) < 4.78 is 5.91. The first-order valence-electron chi connectivity index (χ1n) is 8.71. The van der Waals surface area contributed by atoms with E-state index < -0.39 is 0 Å². The highest BCUT2D eigenvalue weighted by molar-refractivity contribution is 7.12. The van der Waals surface area contributed by atoms with Crippen LogP contribution in [0.25, 0.3) is 0 Å². The SMILES string of the molecule is Cc1ccc(C)c(OCc2csc(C(=O)NCCc3ccccc3)c2)c1. The lowest BCUT2D eigenvalue weighted by atomic mass is 10.1. The molecule has 2 aromatic carbocycles. The van der Waals surface area contributed by atoms with Crippen LogP contribution in [0, 0.1) is 13.8 Å². The minimum atomic E-state index is -0.0242. The molecule has 3 aromatic rings. The van der Waals surface area contributed by atoms with Gasteiger partial charge in [0.25, 0.3) is 5.91 Å². The number of rotatable bonds is 7. The summed E-state index contributed by atoms with van der Waals surface area (Å²) in [5, 5.41) is 4.97. The van der Waals surface area contributed by atoms with Crippen LogP contribution in [-0.2, 0) is 13.0 Å². The van der Waals surface area contributed by atoms with Gasteiger partial charge in [0.15, 0.2) is 0 Å². The Morgan fingerprint density at radius 2 is 1.85 bits per heavy atom. The predicted molar refractivity (Wildman–Crippen MR) is 107 cm³/mol. The van der Waals surface area contributed by atoms with E-state index in [-0.39, 0.29) is 5.91 Å². The molecule has 0 fully saturated rings. The van der Waals surface area contributed by atoms with Gasteiger partial charge in [-0.25, -0.2) is 0 Å². The Morgan fingerprint density at radius 1 is 1.04 bits per heavy atom. The van der Waals surface area contributed by atoms with Gasteiger partial charge in [-0.1, -0.05) is 42.5 Å². The second-order valence-corrected chi connectivity index (χ2v) is 7.28. The molecule has 26 heavy (non-hydrogen) atoms. The largest absolute Gasteiger partial charge is 0.489 e. The summed E-state index contributed by atoms with van der Waals surface area (Å²) in [6.45, 7) is 5.19. The summed E-state index contributed by atoms with van der Waals surface area (Å²) in [4.78, 5) is 13.0. The van der Waals surface area contributed by atoms with E-state index in [0.29, 0.717) is 13.2 Å². The number of thiophene rings is 1. The molecular formula is C22H23NO2S. The first-order chi connectivity index (χ1) is 12.6. The molecular weight excluding hydrogens is 342 g/mol. The first-order valence-corrected chi connectivity index (χ1v) is 9.59. The molecule has 134 valence electrons. The maximum atomic E-state index is 12.3. The number of hydrogen-bond acceptors (Lipinski definition) is 3. The zero-order valence-corrected chi connectivity index (χ0v) is 15.9. The number of carbonyl (C=O) groups is 1. The Morgan fingerprint density at radius 3 is 2.65 bits per heavy atom. The Balaban J connectivity index is 1.50. The van der Waals surface area contributed by atoms with Crippen LogP contribution >= 0.6 is 11.3 Å². The van der Waals surface area contributed by atoms with Gasteiger partial charge in [0.2, 0.25) is 0 Å². The Bertz CT molecular complexity index is 871. The lowest BCUT2D eigenvalue weighted by Gasteiger charge is -2.09. The standard InChI is InChI=1S/C22H23NO2S/c1-16-8-9-17(2)20(12-16)25-14-19-13-21(26-15-19)22(24)23-11-10-18-6-4-3-5-7-18/h3-9,12-13,15H,10-11,14H2,1-2H3,(H,23,24). The van der Waals surface area contributed by atoms with Gasteiger partial charge in [-0.3, -0.25) is 4.79 Å². The van der Waals surface area contributed by atoms with Gasteiger partial charge < -0.3 is 10.1 Å². The summed E-state index contributed by atoms with van der Waals surface area (Å²) in [7, 11) is 0. The molecule has 0 saturated carbocycles. The molecule has 0 radical (unpaired) electrons. The zero-order valence-electron chi connectivity index (χ0n) is 15.1. The average Bonchev–Trinajstić information content (AvgIpc) is 3.12. The predicted octanol–water partition coefficient (Wildman–Crippen LogP) is 4.92. The van der Waals surface area contributed by atoms with Crippen molar-refractivity contribution in [2.24, 2.45) is 0 Å². The molecule has 0 unspecified atom stereocenters. The van der Waals surface area contributed by atoms with Crippen molar-refractivity contribution < 1.29 is 9.53 Å². The highest BCUT2D eigenvalue weighted by atomic mass is 32.1. The van der Waals surface area contributed by atoms with Gasteiger partial charge in [-0.15, -0.1) is 11.3 Å². The maximum absolute atomic E-state index is 12.3. The van der Waals surface area contributed by atoms with Crippen LogP contribution in [-0.4, -0.2) is 12.5 Å². The number of nitrogens with one attached hydrogen (secondary N) is 1. The topological polar surface area (TPSA) is 38.3 Å². The maximum Gasteiger partial charge on any atom is 0.261 e. The molecule has 1 amide bonds. The molecule has 3 nitrogen and oxygen atoms in total. The van der Waals surface area contributed by atoms with Crippen LogP contribution in [0.4, 0.5) is 0 Å². The number of hydrogen-bond donors (Lipinski definition) is 1. The van der Waals surface area contributed by atoms with Crippen LogP contribution in [0.1, 0.15) is 31.9 Å². The zero-order chi connectivity index (χ0) is 18.4. The van der Waals surface area contributed by atoms with Gasteiger partial charge in [-0.05, 0) is 54.5 Å². The second-order valence-electron chi connectivity index (χ2n) is 6.37. The first kappa shape index (κ1) is 18.2. The molecule has 0 aliphatic rings. The lowest BCUT2D eigenvalue weighted by molar-refractivity contribution is 0.0958. The van der Waals surface area contributed by atoms with E-state index in [9.17, 15) is 4.79 Å². The van der Waals surface area contributed by atoms with Crippen molar-refractivity contribution in [2.75, 3.05) is 6.54 Å². The van der Waals surface area contributed by atoms with E-state index in [1.165, 1.54) is 22.5 Å². The van der Waals surface area contributed by atoms with Crippen molar-refractivity contribution >= 4 is 17.2 Å². The number of amides is 1. The summed E-state index contributed by atoms with van der Waals surface area (Å²) >= 11 is 1.45. The minimum absolute atomic E-state index is 0.0242. The van der Waals surface area contributed by atoms with Gasteiger partial charge in [0.1, 0.15) is 12.4 Å². The van der Waals surface area contributed by atoms with Gasteiger partial charge in [0.05, 0.1) is 4.88 Å². The Hall–Kier alpha value is -2.59. The van der Waals surface area contributed by atoms with Crippen LogP contribution in [0.5, 0.6) is 5.75 Å². The van der Waals surface area contributed by atoms with Crippen LogP contribution in [0.3, 0.4) is 0 Å². The smallest absolute Gasteiger partial charge is 0.261 e. The molecule has 0 aliphatic carbocycles. The molecule has 1 heterocycles. The van der Waals surface area contributed by atoms with Crippen LogP contribution in [0.15, 0.2) is 60.0 Å². The van der Waals surface area contributed by atoms with Crippen molar-refractivity contribution in [3.8, 4) is 5.75 Å². The Kier molecular flexibility index (Phi) is 6.08. The van der Waals surface area contributed by atoms with Crippen LogP contribution < -0.4 is 10.1 Å². The molecule has 4 heteroatoms. The van der Waals surface area contributed by atoms with Crippen molar-refractivity contribution in [3.63, 3.8) is 0 Å². The molecule has 1 aromatic heterocycles. The van der Waals surface area contributed by atoms with E-state index in [1.807, 2.05) is 42.6 Å². The van der Waals surface area contributed by atoms with Crippen LogP contribution in [0.2, 0.25) is 0 Å². The molecule has 0 bridgehead atoms.